The monoisotopic (exact) mass is 340 g/mol. The number of hydrogen-bond acceptors (Lipinski definition) is 4. The highest BCUT2D eigenvalue weighted by Crippen LogP contribution is 2.23. The fourth-order valence-corrected chi connectivity index (χ4v) is 3.13. The van der Waals surface area contributed by atoms with E-state index in [9.17, 15) is 5.11 Å². The van der Waals surface area contributed by atoms with Crippen molar-refractivity contribution in [3.63, 3.8) is 0 Å². The standard InChI is InChI=1S/C21H28N2O2/c1-21(2,24)10-9-17-5-7-18(8-6-17)15-23-12-13-25-20(16-23)19-4-3-11-22-14-19/h3-8,11,14,20,24H,9-10,12-13,15-16H2,1-2H3. The predicted molar refractivity (Wildman–Crippen MR) is 99.3 cm³/mol. The van der Waals surface area contributed by atoms with Crippen LogP contribution in [0.25, 0.3) is 0 Å². The van der Waals surface area contributed by atoms with Crippen molar-refractivity contribution in [2.24, 2.45) is 0 Å². The number of aryl methyl sites for hydroxylation is 1. The van der Waals surface area contributed by atoms with Gasteiger partial charge in [0.25, 0.3) is 0 Å². The van der Waals surface area contributed by atoms with Crippen molar-refractivity contribution in [3.05, 3.63) is 65.5 Å². The van der Waals surface area contributed by atoms with Gasteiger partial charge in [0.05, 0.1) is 18.3 Å². The molecule has 4 nitrogen and oxygen atoms in total. The summed E-state index contributed by atoms with van der Waals surface area (Å²) < 4.78 is 5.91. The van der Waals surface area contributed by atoms with Crippen LogP contribution in [0.3, 0.4) is 0 Å². The Bertz CT molecular complexity index is 650. The summed E-state index contributed by atoms with van der Waals surface area (Å²) in [6.07, 6.45) is 5.48. The normalized spacial score (nSPS) is 19.1. The van der Waals surface area contributed by atoms with Crippen LogP contribution >= 0.6 is 0 Å². The van der Waals surface area contributed by atoms with Gasteiger partial charge in [0.2, 0.25) is 0 Å². The summed E-state index contributed by atoms with van der Waals surface area (Å²) in [5.74, 6) is 0. The highest BCUT2D eigenvalue weighted by Gasteiger charge is 2.22. The molecule has 0 bridgehead atoms. The van der Waals surface area contributed by atoms with Gasteiger partial charge in [0, 0.05) is 37.6 Å². The number of benzene rings is 1. The van der Waals surface area contributed by atoms with Crippen LogP contribution in [-0.4, -0.2) is 40.3 Å². The molecule has 1 aromatic carbocycles. The molecule has 134 valence electrons. The Morgan fingerprint density at radius 3 is 2.64 bits per heavy atom. The van der Waals surface area contributed by atoms with E-state index in [-0.39, 0.29) is 6.10 Å². The quantitative estimate of drug-likeness (QED) is 0.876. The molecule has 1 saturated heterocycles. The second kappa shape index (κ2) is 8.09. The molecule has 1 unspecified atom stereocenters. The van der Waals surface area contributed by atoms with Gasteiger partial charge in [0.1, 0.15) is 0 Å². The smallest absolute Gasteiger partial charge is 0.0967 e. The SMILES string of the molecule is CC(C)(O)CCc1ccc(CN2CCOC(c3cccnc3)C2)cc1. The molecule has 1 aromatic heterocycles. The average Bonchev–Trinajstić information content (AvgIpc) is 2.61. The van der Waals surface area contributed by atoms with Crippen molar-refractivity contribution in [2.75, 3.05) is 19.7 Å². The van der Waals surface area contributed by atoms with Gasteiger partial charge in [-0.1, -0.05) is 30.3 Å². The molecule has 25 heavy (non-hydrogen) atoms. The maximum atomic E-state index is 9.85. The van der Waals surface area contributed by atoms with Crippen LogP contribution in [0.1, 0.15) is 43.1 Å². The first kappa shape index (κ1) is 18.1. The van der Waals surface area contributed by atoms with Crippen LogP contribution in [0.2, 0.25) is 0 Å². The average molecular weight is 340 g/mol. The number of aliphatic hydroxyl groups is 1. The summed E-state index contributed by atoms with van der Waals surface area (Å²) in [5, 5.41) is 9.85. The summed E-state index contributed by atoms with van der Waals surface area (Å²) in [6, 6.07) is 12.8. The number of morpholine rings is 1. The third kappa shape index (κ3) is 5.63. The molecule has 1 atom stereocenters. The van der Waals surface area contributed by atoms with Crippen molar-refractivity contribution < 1.29 is 9.84 Å². The first-order valence-electron chi connectivity index (χ1n) is 9.04. The summed E-state index contributed by atoms with van der Waals surface area (Å²) in [6.45, 7) is 7.26. The van der Waals surface area contributed by atoms with Gasteiger partial charge in [-0.05, 0) is 43.9 Å². The Kier molecular flexibility index (Phi) is 5.84. The number of ether oxygens (including phenoxy) is 1. The lowest BCUT2D eigenvalue weighted by molar-refractivity contribution is -0.0330. The molecule has 2 aromatic rings. The van der Waals surface area contributed by atoms with Crippen LogP contribution in [0.15, 0.2) is 48.8 Å². The van der Waals surface area contributed by atoms with Crippen molar-refractivity contribution >= 4 is 0 Å². The largest absolute Gasteiger partial charge is 0.390 e. The molecule has 0 spiro atoms. The van der Waals surface area contributed by atoms with E-state index in [1.165, 1.54) is 11.1 Å². The van der Waals surface area contributed by atoms with E-state index in [0.717, 1.165) is 44.6 Å². The minimum atomic E-state index is -0.603. The fraction of sp³-hybridized carbons (Fsp3) is 0.476. The molecule has 0 radical (unpaired) electrons. The van der Waals surface area contributed by atoms with Crippen LogP contribution in [-0.2, 0) is 17.7 Å². The number of pyridine rings is 1. The molecule has 1 fully saturated rings. The summed E-state index contributed by atoms with van der Waals surface area (Å²) in [7, 11) is 0. The maximum absolute atomic E-state index is 9.85. The second-order valence-electron chi connectivity index (χ2n) is 7.51. The lowest BCUT2D eigenvalue weighted by Gasteiger charge is -2.33. The van der Waals surface area contributed by atoms with Crippen molar-refractivity contribution in [2.45, 2.75) is 44.9 Å². The van der Waals surface area contributed by atoms with E-state index in [1.54, 1.807) is 6.20 Å². The Balaban J connectivity index is 1.55. The Morgan fingerprint density at radius 1 is 1.20 bits per heavy atom. The molecule has 2 heterocycles. The van der Waals surface area contributed by atoms with Gasteiger partial charge in [-0.25, -0.2) is 0 Å². The Morgan fingerprint density at radius 2 is 1.96 bits per heavy atom. The topological polar surface area (TPSA) is 45.6 Å². The van der Waals surface area contributed by atoms with E-state index in [4.69, 9.17) is 4.74 Å². The van der Waals surface area contributed by atoms with Crippen LogP contribution in [0.5, 0.6) is 0 Å². The molecule has 3 rings (SSSR count). The Hall–Kier alpha value is -1.75. The predicted octanol–water partition coefficient (Wildman–Crippen LogP) is 3.36. The highest BCUT2D eigenvalue weighted by atomic mass is 16.5. The zero-order valence-electron chi connectivity index (χ0n) is 15.2. The zero-order chi connectivity index (χ0) is 17.7. The zero-order valence-corrected chi connectivity index (χ0v) is 15.2. The van der Waals surface area contributed by atoms with Gasteiger partial charge in [-0.2, -0.15) is 0 Å². The number of nitrogens with zero attached hydrogens (tertiary/aromatic N) is 2. The molecule has 1 aliphatic heterocycles. The molecular weight excluding hydrogens is 312 g/mol. The number of aromatic nitrogens is 1. The molecule has 0 aliphatic carbocycles. The molecule has 0 amide bonds. The third-order valence-electron chi connectivity index (χ3n) is 4.66. The van der Waals surface area contributed by atoms with E-state index in [1.807, 2.05) is 26.1 Å². The third-order valence-corrected chi connectivity index (χ3v) is 4.66. The maximum Gasteiger partial charge on any atom is 0.0967 e. The van der Waals surface area contributed by atoms with Crippen LogP contribution in [0, 0.1) is 0 Å². The van der Waals surface area contributed by atoms with Crippen molar-refractivity contribution in [1.29, 1.82) is 0 Å². The first-order chi connectivity index (χ1) is 12.0. The van der Waals surface area contributed by atoms with Gasteiger partial charge in [0.15, 0.2) is 0 Å². The fourth-order valence-electron chi connectivity index (χ4n) is 3.13. The van der Waals surface area contributed by atoms with Gasteiger partial charge < -0.3 is 9.84 Å². The molecule has 1 aliphatic rings. The van der Waals surface area contributed by atoms with E-state index in [0.29, 0.717) is 0 Å². The number of hydrogen-bond donors (Lipinski definition) is 1. The van der Waals surface area contributed by atoms with Crippen molar-refractivity contribution in [1.82, 2.24) is 9.88 Å². The molecular formula is C21H28N2O2. The summed E-state index contributed by atoms with van der Waals surface area (Å²) in [4.78, 5) is 6.63. The molecule has 4 heteroatoms. The van der Waals surface area contributed by atoms with Gasteiger partial charge >= 0.3 is 0 Å². The number of rotatable bonds is 6. The minimum Gasteiger partial charge on any atom is -0.390 e. The van der Waals surface area contributed by atoms with Crippen LogP contribution in [0.4, 0.5) is 0 Å². The lowest BCUT2D eigenvalue weighted by atomic mass is 9.98. The van der Waals surface area contributed by atoms with Gasteiger partial charge in [-0.15, -0.1) is 0 Å². The van der Waals surface area contributed by atoms with E-state index < -0.39 is 5.60 Å². The minimum absolute atomic E-state index is 0.105. The van der Waals surface area contributed by atoms with Crippen molar-refractivity contribution in [3.8, 4) is 0 Å². The van der Waals surface area contributed by atoms with E-state index >= 15 is 0 Å². The van der Waals surface area contributed by atoms with Gasteiger partial charge in [-0.3, -0.25) is 9.88 Å². The summed E-state index contributed by atoms with van der Waals surface area (Å²) in [5.41, 5.74) is 3.14. The second-order valence-corrected chi connectivity index (χ2v) is 7.51. The highest BCUT2D eigenvalue weighted by molar-refractivity contribution is 5.23. The molecule has 0 saturated carbocycles. The van der Waals surface area contributed by atoms with Crippen LogP contribution < -0.4 is 0 Å². The van der Waals surface area contributed by atoms with E-state index in [2.05, 4.69) is 40.2 Å². The first-order valence-corrected chi connectivity index (χ1v) is 9.04. The lowest BCUT2D eigenvalue weighted by Crippen LogP contribution is -2.37. The molecule has 1 N–H and O–H groups in total. The Labute approximate surface area is 150 Å². The summed E-state index contributed by atoms with van der Waals surface area (Å²) >= 11 is 0.